The Bertz CT molecular complexity index is 769. The van der Waals surface area contributed by atoms with E-state index in [1.165, 1.54) is 24.0 Å². The number of benzene rings is 2. The zero-order chi connectivity index (χ0) is 15.0. The van der Waals surface area contributed by atoms with Gasteiger partial charge in [0.15, 0.2) is 0 Å². The predicted octanol–water partition coefficient (Wildman–Crippen LogP) is 5.53. The van der Waals surface area contributed by atoms with Crippen LogP contribution in [0.15, 0.2) is 66.7 Å². The van der Waals surface area contributed by atoms with Gasteiger partial charge in [0.25, 0.3) is 0 Å². The molecule has 0 aromatic heterocycles. The Balaban J connectivity index is 1.28. The van der Waals surface area contributed by atoms with E-state index in [2.05, 4.69) is 66.7 Å². The molecule has 0 nitrogen and oxygen atoms in total. The minimum Gasteiger partial charge on any atom is -0.0842 e. The van der Waals surface area contributed by atoms with E-state index in [0.29, 0.717) is 0 Å². The first-order valence-electron chi connectivity index (χ1n) is 9.24. The Morgan fingerprint density at radius 1 is 0.652 bits per heavy atom. The van der Waals surface area contributed by atoms with E-state index in [1.54, 1.807) is 5.56 Å². The van der Waals surface area contributed by atoms with Gasteiger partial charge in [0.1, 0.15) is 0 Å². The maximum absolute atomic E-state index is 2.50. The van der Waals surface area contributed by atoms with Crippen molar-refractivity contribution in [2.45, 2.75) is 18.8 Å². The third-order valence-corrected chi connectivity index (χ3v) is 7.47. The summed E-state index contributed by atoms with van der Waals surface area (Å²) in [6, 6.07) is 20.2. The fourth-order valence-electron chi connectivity index (χ4n) is 6.49. The highest BCUT2D eigenvalue weighted by Gasteiger charge is 2.65. The van der Waals surface area contributed by atoms with Crippen molar-refractivity contribution in [1.82, 2.24) is 0 Å². The summed E-state index contributed by atoms with van der Waals surface area (Å²) in [5, 5.41) is 0. The van der Waals surface area contributed by atoms with Crippen LogP contribution in [0, 0.1) is 35.5 Å². The molecule has 6 rings (SSSR count). The lowest BCUT2D eigenvalue weighted by Gasteiger charge is -2.58. The highest BCUT2D eigenvalue weighted by Crippen LogP contribution is 2.72. The molecule has 3 fully saturated rings. The summed E-state index contributed by atoms with van der Waals surface area (Å²) in [6.45, 7) is 0. The van der Waals surface area contributed by atoms with Crippen LogP contribution in [-0.2, 0) is 0 Å². The van der Waals surface area contributed by atoms with Crippen molar-refractivity contribution in [3.63, 3.8) is 0 Å². The van der Waals surface area contributed by atoms with E-state index in [9.17, 15) is 0 Å². The van der Waals surface area contributed by atoms with Crippen molar-refractivity contribution in [3.8, 4) is 11.1 Å². The average molecular weight is 298 g/mol. The minimum absolute atomic E-state index is 0.834. The second-order valence-corrected chi connectivity index (χ2v) is 8.18. The lowest BCUT2D eigenvalue weighted by atomic mass is 9.46. The topological polar surface area (TPSA) is 0 Å². The van der Waals surface area contributed by atoms with E-state index >= 15 is 0 Å². The van der Waals surface area contributed by atoms with Gasteiger partial charge >= 0.3 is 0 Å². The molecule has 114 valence electrons. The number of allylic oxidation sites excluding steroid dienone is 2. The van der Waals surface area contributed by atoms with Crippen molar-refractivity contribution in [1.29, 1.82) is 0 Å². The SMILES string of the molecule is C1=CC2C1C1C3CC(c4ccc(-c5ccccc5)cc4)C(C3)C21. The molecular formula is C23H22. The van der Waals surface area contributed by atoms with Crippen LogP contribution in [0.25, 0.3) is 11.1 Å². The Labute approximate surface area is 138 Å². The predicted molar refractivity (Wildman–Crippen MR) is 93.9 cm³/mol. The zero-order valence-electron chi connectivity index (χ0n) is 13.3. The van der Waals surface area contributed by atoms with Gasteiger partial charge in [0.2, 0.25) is 0 Å². The Morgan fingerprint density at radius 3 is 2.09 bits per heavy atom. The molecule has 0 aliphatic heterocycles. The molecule has 0 spiro atoms. The van der Waals surface area contributed by atoms with Crippen molar-refractivity contribution < 1.29 is 0 Å². The first-order chi connectivity index (χ1) is 11.4. The molecule has 4 aliphatic carbocycles. The molecule has 2 aromatic carbocycles. The van der Waals surface area contributed by atoms with E-state index < -0.39 is 0 Å². The average Bonchev–Trinajstić information content (AvgIpc) is 3.13. The van der Waals surface area contributed by atoms with Crippen molar-refractivity contribution in [2.75, 3.05) is 0 Å². The first kappa shape index (κ1) is 12.6. The van der Waals surface area contributed by atoms with Crippen LogP contribution in [0.5, 0.6) is 0 Å². The van der Waals surface area contributed by atoms with E-state index in [0.717, 1.165) is 41.4 Å². The van der Waals surface area contributed by atoms with Crippen molar-refractivity contribution in [3.05, 3.63) is 72.3 Å². The van der Waals surface area contributed by atoms with E-state index in [-0.39, 0.29) is 0 Å². The number of fused-ring (bicyclic) bond motifs is 8. The van der Waals surface area contributed by atoms with Crippen LogP contribution < -0.4 is 0 Å². The molecule has 0 heterocycles. The fourth-order valence-corrected chi connectivity index (χ4v) is 6.49. The normalized spacial score (nSPS) is 41.8. The molecule has 23 heavy (non-hydrogen) atoms. The number of hydrogen-bond donors (Lipinski definition) is 0. The van der Waals surface area contributed by atoms with Gasteiger partial charge in [-0.25, -0.2) is 0 Å². The smallest absolute Gasteiger partial charge is 0.0128 e. The van der Waals surface area contributed by atoms with Gasteiger partial charge in [-0.05, 0) is 71.0 Å². The zero-order valence-corrected chi connectivity index (χ0v) is 13.3. The third kappa shape index (κ3) is 1.57. The van der Waals surface area contributed by atoms with Gasteiger partial charge in [-0.1, -0.05) is 66.7 Å². The van der Waals surface area contributed by atoms with Crippen LogP contribution in [0.1, 0.15) is 24.3 Å². The monoisotopic (exact) mass is 298 g/mol. The summed E-state index contributed by atoms with van der Waals surface area (Å²) < 4.78 is 0. The van der Waals surface area contributed by atoms with Crippen LogP contribution in [0.3, 0.4) is 0 Å². The molecule has 0 radical (unpaired) electrons. The summed E-state index contributed by atoms with van der Waals surface area (Å²) >= 11 is 0. The molecule has 0 heteroatoms. The molecule has 0 N–H and O–H groups in total. The van der Waals surface area contributed by atoms with Gasteiger partial charge in [-0.2, -0.15) is 0 Å². The second-order valence-electron chi connectivity index (χ2n) is 8.18. The highest BCUT2D eigenvalue weighted by atomic mass is 14.7. The summed E-state index contributed by atoms with van der Waals surface area (Å²) in [4.78, 5) is 0. The lowest BCUT2D eigenvalue weighted by Crippen LogP contribution is -2.53. The first-order valence-corrected chi connectivity index (χ1v) is 9.24. The summed E-state index contributed by atoms with van der Waals surface area (Å²) in [7, 11) is 0. The molecule has 0 saturated heterocycles. The number of hydrogen-bond acceptors (Lipinski definition) is 0. The van der Waals surface area contributed by atoms with Crippen LogP contribution >= 0.6 is 0 Å². The Morgan fingerprint density at radius 2 is 1.35 bits per heavy atom. The van der Waals surface area contributed by atoms with E-state index in [4.69, 9.17) is 0 Å². The molecule has 7 unspecified atom stereocenters. The summed E-state index contributed by atoms with van der Waals surface area (Å²) in [5.74, 6) is 6.87. The second kappa shape index (κ2) is 4.38. The van der Waals surface area contributed by atoms with Gasteiger partial charge in [0.05, 0.1) is 0 Å². The number of rotatable bonds is 2. The summed E-state index contributed by atoms with van der Waals surface area (Å²) in [5.41, 5.74) is 4.27. The largest absolute Gasteiger partial charge is 0.0842 e. The van der Waals surface area contributed by atoms with Crippen LogP contribution in [0.4, 0.5) is 0 Å². The van der Waals surface area contributed by atoms with Crippen molar-refractivity contribution >= 4 is 0 Å². The molecule has 2 aromatic rings. The van der Waals surface area contributed by atoms with Crippen LogP contribution in [-0.4, -0.2) is 0 Å². The molecule has 0 amide bonds. The fraction of sp³-hybridized carbons (Fsp3) is 0.391. The minimum atomic E-state index is 0.834. The van der Waals surface area contributed by atoms with Gasteiger partial charge < -0.3 is 0 Å². The lowest BCUT2D eigenvalue weighted by molar-refractivity contribution is -0.0319. The maximum Gasteiger partial charge on any atom is -0.0128 e. The Hall–Kier alpha value is -1.82. The third-order valence-electron chi connectivity index (χ3n) is 7.47. The van der Waals surface area contributed by atoms with Gasteiger partial charge in [-0.3, -0.25) is 0 Å². The summed E-state index contributed by atoms with van der Waals surface area (Å²) in [6.07, 6.45) is 7.96. The standard InChI is InChI=1S/C23H22/c1-2-4-14(5-3-1)15-6-8-16(9-7-15)20-12-17-13-21(20)23-19-11-10-18(19)22(17)23/h1-11,17-23H,12-13H2. The quantitative estimate of drug-likeness (QED) is 0.640. The molecule has 3 saturated carbocycles. The molecule has 4 aliphatic rings. The highest BCUT2D eigenvalue weighted by molar-refractivity contribution is 5.63. The Kier molecular flexibility index (Phi) is 2.40. The van der Waals surface area contributed by atoms with E-state index in [1.807, 2.05) is 0 Å². The molecular weight excluding hydrogens is 276 g/mol. The van der Waals surface area contributed by atoms with Crippen LogP contribution in [0.2, 0.25) is 0 Å². The molecule has 2 bridgehead atoms. The van der Waals surface area contributed by atoms with Crippen molar-refractivity contribution in [2.24, 2.45) is 35.5 Å². The van der Waals surface area contributed by atoms with Gasteiger partial charge in [-0.15, -0.1) is 0 Å². The van der Waals surface area contributed by atoms with Gasteiger partial charge in [0, 0.05) is 0 Å². The maximum atomic E-state index is 2.50. The molecule has 7 atom stereocenters.